The third kappa shape index (κ3) is 5.63. The highest BCUT2D eigenvalue weighted by molar-refractivity contribution is 5.89. The van der Waals surface area contributed by atoms with Crippen molar-refractivity contribution in [1.82, 2.24) is 10.2 Å². The third-order valence-electron chi connectivity index (χ3n) is 4.87. The number of urea groups is 1. The molecule has 8 heteroatoms. The van der Waals surface area contributed by atoms with E-state index in [4.69, 9.17) is 4.74 Å². The number of amides is 2. The van der Waals surface area contributed by atoms with Gasteiger partial charge in [-0.25, -0.2) is 18.0 Å². The fourth-order valence-corrected chi connectivity index (χ4v) is 3.38. The molecule has 29 heavy (non-hydrogen) atoms. The van der Waals surface area contributed by atoms with E-state index in [1.54, 1.807) is 7.11 Å². The first-order valence-electron chi connectivity index (χ1n) is 9.35. The van der Waals surface area contributed by atoms with Crippen LogP contribution < -0.4 is 15.4 Å². The first-order chi connectivity index (χ1) is 13.7. The van der Waals surface area contributed by atoms with Crippen molar-refractivity contribution in [3.05, 3.63) is 59.4 Å². The van der Waals surface area contributed by atoms with Gasteiger partial charge >= 0.3 is 6.03 Å². The fourth-order valence-electron chi connectivity index (χ4n) is 3.38. The van der Waals surface area contributed by atoms with Gasteiger partial charge in [0, 0.05) is 38.3 Å². The fraction of sp³-hybridized carbons (Fsp3) is 0.381. The molecule has 156 valence electrons. The molecule has 2 aromatic rings. The number of hydrogen-bond donors (Lipinski definition) is 2. The van der Waals surface area contributed by atoms with Gasteiger partial charge < -0.3 is 15.4 Å². The Labute approximate surface area is 167 Å². The maximum atomic E-state index is 13.6. The number of nitrogens with zero attached hydrogens (tertiary/aromatic N) is 1. The molecule has 1 heterocycles. The van der Waals surface area contributed by atoms with Gasteiger partial charge in [-0.1, -0.05) is 12.1 Å². The van der Waals surface area contributed by atoms with Gasteiger partial charge in [0.2, 0.25) is 0 Å². The lowest BCUT2D eigenvalue weighted by Gasteiger charge is -2.18. The Balaban J connectivity index is 1.51. The van der Waals surface area contributed by atoms with Gasteiger partial charge in [0.1, 0.15) is 11.6 Å². The molecule has 1 aliphatic rings. The molecule has 0 aliphatic carbocycles. The van der Waals surface area contributed by atoms with Crippen molar-refractivity contribution >= 4 is 11.7 Å². The molecule has 1 fully saturated rings. The van der Waals surface area contributed by atoms with Crippen LogP contribution in [0.3, 0.4) is 0 Å². The average molecular weight is 407 g/mol. The number of likely N-dealkylation sites (tertiary alicyclic amines) is 1. The molecule has 0 spiro atoms. The van der Waals surface area contributed by atoms with E-state index in [0.29, 0.717) is 13.5 Å². The zero-order valence-corrected chi connectivity index (χ0v) is 16.3. The van der Waals surface area contributed by atoms with Crippen LogP contribution in [-0.2, 0) is 12.5 Å². The third-order valence-corrected chi connectivity index (χ3v) is 4.87. The molecule has 1 atom stereocenters. The van der Waals surface area contributed by atoms with Crippen molar-refractivity contribution < 1.29 is 22.7 Å². The standard InChI is InChI=1S/C21H24F3N3O2/c1-21(23,24)18-11-15(5-8-19(18)22)25-20(28)26-16-9-10-27(13-16)12-14-3-6-17(29-2)7-4-14/h3-8,11,16H,9-10,12-13H2,1-2H3,(H2,25,26,28). The molecule has 1 aliphatic heterocycles. The van der Waals surface area contributed by atoms with Gasteiger partial charge in [-0.2, -0.15) is 0 Å². The SMILES string of the molecule is COc1ccc(CN2CCC(NC(=O)Nc3ccc(F)c(C(C)(F)F)c3)C2)cc1. The van der Waals surface area contributed by atoms with E-state index in [-0.39, 0.29) is 11.7 Å². The molecule has 0 bridgehead atoms. The second-order valence-corrected chi connectivity index (χ2v) is 7.25. The lowest BCUT2D eigenvalue weighted by atomic mass is 10.1. The van der Waals surface area contributed by atoms with Gasteiger partial charge in [0.05, 0.1) is 12.7 Å². The van der Waals surface area contributed by atoms with Crippen LogP contribution in [0.1, 0.15) is 24.5 Å². The summed E-state index contributed by atoms with van der Waals surface area (Å²) in [5.41, 5.74) is 0.519. The van der Waals surface area contributed by atoms with Crippen LogP contribution >= 0.6 is 0 Å². The van der Waals surface area contributed by atoms with Crippen LogP contribution in [0.15, 0.2) is 42.5 Å². The van der Waals surface area contributed by atoms with Crippen LogP contribution in [0, 0.1) is 5.82 Å². The summed E-state index contributed by atoms with van der Waals surface area (Å²) in [5, 5.41) is 5.34. The van der Waals surface area contributed by atoms with Crippen molar-refractivity contribution in [3.63, 3.8) is 0 Å². The number of carbonyl (C=O) groups excluding carboxylic acids is 1. The van der Waals surface area contributed by atoms with E-state index in [9.17, 15) is 18.0 Å². The maximum Gasteiger partial charge on any atom is 0.319 e. The highest BCUT2D eigenvalue weighted by Crippen LogP contribution is 2.31. The summed E-state index contributed by atoms with van der Waals surface area (Å²) in [5.74, 6) is -3.53. The zero-order chi connectivity index (χ0) is 21.0. The Hall–Kier alpha value is -2.74. The smallest absolute Gasteiger partial charge is 0.319 e. The van der Waals surface area contributed by atoms with Crippen LogP contribution in [0.25, 0.3) is 0 Å². The summed E-state index contributed by atoms with van der Waals surface area (Å²) in [7, 11) is 1.62. The minimum Gasteiger partial charge on any atom is -0.497 e. The Morgan fingerprint density at radius 2 is 1.97 bits per heavy atom. The van der Waals surface area contributed by atoms with E-state index in [0.717, 1.165) is 43.0 Å². The Morgan fingerprint density at radius 1 is 1.24 bits per heavy atom. The van der Waals surface area contributed by atoms with Crippen LogP contribution in [0.5, 0.6) is 5.75 Å². The topological polar surface area (TPSA) is 53.6 Å². The van der Waals surface area contributed by atoms with Crippen LogP contribution in [0.4, 0.5) is 23.7 Å². The molecular formula is C21H24F3N3O2. The summed E-state index contributed by atoms with van der Waals surface area (Å²) in [4.78, 5) is 14.4. The van der Waals surface area contributed by atoms with E-state index in [1.165, 1.54) is 6.07 Å². The van der Waals surface area contributed by atoms with Crippen molar-refractivity contribution in [2.45, 2.75) is 31.9 Å². The Morgan fingerprint density at radius 3 is 2.62 bits per heavy atom. The molecule has 1 saturated heterocycles. The minimum atomic E-state index is -3.33. The molecule has 0 aromatic heterocycles. The number of rotatable bonds is 6. The van der Waals surface area contributed by atoms with E-state index < -0.39 is 23.3 Å². The van der Waals surface area contributed by atoms with Gasteiger partial charge in [-0.15, -0.1) is 0 Å². The average Bonchev–Trinajstić information content (AvgIpc) is 3.09. The number of nitrogens with one attached hydrogen (secondary N) is 2. The molecule has 2 N–H and O–H groups in total. The molecule has 3 rings (SSSR count). The number of alkyl halides is 2. The number of halogens is 3. The van der Waals surface area contributed by atoms with E-state index in [2.05, 4.69) is 15.5 Å². The number of ether oxygens (including phenoxy) is 1. The second kappa shape index (κ2) is 8.73. The van der Waals surface area contributed by atoms with Gasteiger partial charge in [-0.05, 0) is 42.3 Å². The molecule has 2 aromatic carbocycles. The predicted molar refractivity (Wildman–Crippen MR) is 105 cm³/mol. The summed E-state index contributed by atoms with van der Waals surface area (Å²) < 4.78 is 45.6. The first kappa shape index (κ1) is 21.0. The van der Waals surface area contributed by atoms with Crippen LogP contribution in [0.2, 0.25) is 0 Å². The van der Waals surface area contributed by atoms with Crippen LogP contribution in [-0.4, -0.2) is 37.2 Å². The molecule has 0 radical (unpaired) electrons. The Bertz CT molecular complexity index is 853. The summed E-state index contributed by atoms with van der Waals surface area (Å²) in [6, 6.07) is 10.4. The molecular weight excluding hydrogens is 383 g/mol. The molecule has 1 unspecified atom stereocenters. The molecule has 2 amide bonds. The normalized spacial score (nSPS) is 17.2. The van der Waals surface area contributed by atoms with Gasteiger partial charge in [0.15, 0.2) is 0 Å². The summed E-state index contributed by atoms with van der Waals surface area (Å²) in [6.45, 7) is 2.89. The van der Waals surface area contributed by atoms with Crippen molar-refractivity contribution in [2.24, 2.45) is 0 Å². The maximum absolute atomic E-state index is 13.6. The lowest BCUT2D eigenvalue weighted by Crippen LogP contribution is -2.39. The summed E-state index contributed by atoms with van der Waals surface area (Å²) >= 11 is 0. The minimum absolute atomic E-state index is 0.0548. The number of carbonyl (C=O) groups is 1. The quantitative estimate of drug-likeness (QED) is 0.749. The zero-order valence-electron chi connectivity index (χ0n) is 16.3. The molecule has 5 nitrogen and oxygen atoms in total. The highest BCUT2D eigenvalue weighted by Gasteiger charge is 2.29. The first-order valence-corrected chi connectivity index (χ1v) is 9.35. The highest BCUT2D eigenvalue weighted by atomic mass is 19.3. The van der Waals surface area contributed by atoms with Gasteiger partial charge in [-0.3, -0.25) is 4.90 Å². The number of anilines is 1. The lowest BCUT2D eigenvalue weighted by molar-refractivity contribution is 0.0138. The Kier molecular flexibility index (Phi) is 6.32. The van der Waals surface area contributed by atoms with E-state index in [1.807, 2.05) is 24.3 Å². The predicted octanol–water partition coefficient (Wildman–Crippen LogP) is 4.34. The van der Waals surface area contributed by atoms with E-state index >= 15 is 0 Å². The van der Waals surface area contributed by atoms with Crippen molar-refractivity contribution in [1.29, 1.82) is 0 Å². The number of hydrogen-bond acceptors (Lipinski definition) is 3. The largest absolute Gasteiger partial charge is 0.497 e. The monoisotopic (exact) mass is 407 g/mol. The van der Waals surface area contributed by atoms with Gasteiger partial charge in [0.25, 0.3) is 5.92 Å². The second-order valence-electron chi connectivity index (χ2n) is 7.25. The molecule has 0 saturated carbocycles. The van der Waals surface area contributed by atoms with Crippen molar-refractivity contribution in [2.75, 3.05) is 25.5 Å². The summed E-state index contributed by atoms with van der Waals surface area (Å²) in [6.07, 6.45) is 0.783. The number of benzene rings is 2. The van der Waals surface area contributed by atoms with Crippen molar-refractivity contribution in [3.8, 4) is 5.75 Å². The number of methoxy groups -OCH3 is 1.